The second kappa shape index (κ2) is 17.4. The van der Waals surface area contributed by atoms with E-state index in [1.54, 1.807) is 38.5 Å². The Morgan fingerprint density at radius 3 is 1.17 bits per heavy atom. The lowest BCUT2D eigenvalue weighted by Crippen LogP contribution is -2.43. The average Bonchev–Trinajstić information content (AvgIpc) is 3.17. The predicted octanol–water partition coefficient (Wildman–Crippen LogP) is 6.75. The van der Waals surface area contributed by atoms with Gasteiger partial charge < -0.3 is 20.1 Å². The number of hydrogen-bond acceptors (Lipinski definition) is 8. The molecule has 272 valence electrons. The minimum Gasteiger partial charge on any atom is -0.496 e. The normalized spacial score (nSPS) is 13.7. The molecule has 0 aromatic heterocycles. The molecule has 4 aromatic rings. The van der Waals surface area contributed by atoms with Gasteiger partial charge in [0.25, 0.3) is 23.6 Å². The van der Waals surface area contributed by atoms with Crippen molar-refractivity contribution in [1.82, 2.24) is 20.4 Å². The highest BCUT2D eigenvalue weighted by atomic mass is 16.5. The van der Waals surface area contributed by atoms with E-state index in [4.69, 9.17) is 9.47 Å². The van der Waals surface area contributed by atoms with E-state index in [1.165, 1.54) is 9.80 Å². The van der Waals surface area contributed by atoms with Crippen molar-refractivity contribution >= 4 is 34.4 Å². The Morgan fingerprint density at radius 2 is 0.808 bits per heavy atom. The van der Waals surface area contributed by atoms with E-state index in [0.29, 0.717) is 59.0 Å². The van der Waals surface area contributed by atoms with Crippen molar-refractivity contribution in [3.8, 4) is 11.5 Å². The minimum atomic E-state index is -0.376. The molecular formula is C42H48N4O6. The lowest BCUT2D eigenvalue weighted by Gasteiger charge is -2.32. The Hall–Kier alpha value is -5.06. The summed E-state index contributed by atoms with van der Waals surface area (Å²) in [6.45, 7) is 3.82. The first kappa shape index (κ1) is 36.7. The molecular weight excluding hydrogens is 656 g/mol. The number of methoxy groups -OCH3 is 2. The maximum Gasteiger partial charge on any atom is 0.261 e. The van der Waals surface area contributed by atoms with Crippen molar-refractivity contribution in [2.45, 2.75) is 64.5 Å². The van der Waals surface area contributed by atoms with Crippen LogP contribution < -0.4 is 20.1 Å². The highest BCUT2D eigenvalue weighted by Crippen LogP contribution is 2.38. The third-order valence-corrected chi connectivity index (χ3v) is 10.0. The molecule has 0 bridgehead atoms. The molecule has 4 amide bonds. The second-order valence-corrected chi connectivity index (χ2v) is 13.4. The number of nitrogens with one attached hydrogen (secondary N) is 2. The summed E-state index contributed by atoms with van der Waals surface area (Å²) in [6.07, 6.45) is 7.06. The Balaban J connectivity index is 0.973. The summed E-state index contributed by atoms with van der Waals surface area (Å²) in [6, 6.07) is 22.5. The monoisotopic (exact) mass is 704 g/mol. The van der Waals surface area contributed by atoms with Gasteiger partial charge in [0.05, 0.1) is 14.2 Å². The number of carbonyl (C=O) groups is 4. The third-order valence-electron chi connectivity index (χ3n) is 10.0. The zero-order chi connectivity index (χ0) is 36.5. The summed E-state index contributed by atoms with van der Waals surface area (Å²) in [5.41, 5.74) is 3.69. The van der Waals surface area contributed by atoms with Gasteiger partial charge in [-0.15, -0.1) is 0 Å². The maximum absolute atomic E-state index is 13.6. The van der Waals surface area contributed by atoms with Gasteiger partial charge in [0.15, 0.2) is 0 Å². The topological polar surface area (TPSA) is 117 Å². The number of imide groups is 2. The van der Waals surface area contributed by atoms with E-state index in [0.717, 1.165) is 87.3 Å². The van der Waals surface area contributed by atoms with Crippen LogP contribution in [0.15, 0.2) is 72.8 Å². The number of amides is 4. The number of ether oxygens (including phenoxy) is 2. The summed E-state index contributed by atoms with van der Waals surface area (Å²) in [4.78, 5) is 57.1. The number of para-hydroxylation sites is 2. The number of benzene rings is 4. The zero-order valence-corrected chi connectivity index (χ0v) is 30.2. The number of hydrogen-bond donors (Lipinski definition) is 2. The van der Waals surface area contributed by atoms with Gasteiger partial charge in [0.2, 0.25) is 0 Å². The van der Waals surface area contributed by atoms with Gasteiger partial charge in [-0.25, -0.2) is 0 Å². The minimum absolute atomic E-state index is 0.320. The van der Waals surface area contributed by atoms with E-state index in [9.17, 15) is 19.2 Å². The van der Waals surface area contributed by atoms with Gasteiger partial charge in [-0.1, -0.05) is 62.1 Å². The van der Waals surface area contributed by atoms with Gasteiger partial charge in [-0.05, 0) is 75.2 Å². The molecule has 2 heterocycles. The van der Waals surface area contributed by atoms with E-state index < -0.39 is 0 Å². The molecule has 0 aliphatic carbocycles. The molecule has 10 heteroatoms. The van der Waals surface area contributed by atoms with Crippen LogP contribution in [-0.4, -0.2) is 73.8 Å². The van der Waals surface area contributed by atoms with Gasteiger partial charge in [0, 0.05) is 70.3 Å². The standard InChI is InChI=1S/C42H48N4O6/c1-51-35-17-9-7-15-29(35)27-43-23-11-3-5-13-25-45-39(47)31-19-21-33-38-34(22-20-32(37(31)38)40(45)48)42(50)46(41(33)49)26-14-6-4-12-24-44-28-30-16-8-10-18-36(30)52-2/h7-10,15-22,43-44H,3-6,11-14,23-28H2,1-2H3. The summed E-state index contributed by atoms with van der Waals surface area (Å²) in [7, 11) is 3.35. The number of rotatable bonds is 20. The maximum atomic E-state index is 13.6. The van der Waals surface area contributed by atoms with Crippen LogP contribution in [0, 0.1) is 0 Å². The molecule has 10 nitrogen and oxygen atoms in total. The Morgan fingerprint density at radius 1 is 0.462 bits per heavy atom. The third kappa shape index (κ3) is 7.88. The SMILES string of the molecule is COc1ccccc1CNCCCCCCN1C(=O)c2ccc3c4c(ccc(c24)C1=O)C(=O)N(CCCCCCNCc1ccccc1OC)C3=O. The van der Waals surface area contributed by atoms with Crippen LogP contribution in [0.2, 0.25) is 0 Å². The molecule has 6 rings (SSSR count). The molecule has 4 aromatic carbocycles. The van der Waals surface area contributed by atoms with Crippen LogP contribution in [0.25, 0.3) is 10.8 Å². The first-order chi connectivity index (χ1) is 25.4. The van der Waals surface area contributed by atoms with Gasteiger partial charge in [-0.2, -0.15) is 0 Å². The molecule has 0 radical (unpaired) electrons. The van der Waals surface area contributed by atoms with Crippen LogP contribution in [0.1, 0.15) is 104 Å². The molecule has 0 fully saturated rings. The fraction of sp³-hybridized carbons (Fsp3) is 0.381. The smallest absolute Gasteiger partial charge is 0.261 e. The number of nitrogens with zero attached hydrogens (tertiary/aromatic N) is 2. The molecule has 52 heavy (non-hydrogen) atoms. The molecule has 0 atom stereocenters. The van der Waals surface area contributed by atoms with Crippen molar-refractivity contribution in [2.24, 2.45) is 0 Å². The van der Waals surface area contributed by atoms with Crippen molar-refractivity contribution in [3.63, 3.8) is 0 Å². The molecule has 0 spiro atoms. The molecule has 2 aliphatic heterocycles. The summed E-state index contributed by atoms with van der Waals surface area (Å²) < 4.78 is 10.8. The first-order valence-corrected chi connectivity index (χ1v) is 18.4. The fourth-order valence-electron chi connectivity index (χ4n) is 7.27. The second-order valence-electron chi connectivity index (χ2n) is 13.4. The van der Waals surface area contributed by atoms with Gasteiger partial charge in [-0.3, -0.25) is 29.0 Å². The molecule has 0 saturated carbocycles. The van der Waals surface area contributed by atoms with Crippen LogP contribution in [0.5, 0.6) is 11.5 Å². The van der Waals surface area contributed by atoms with E-state index in [2.05, 4.69) is 10.6 Å². The van der Waals surface area contributed by atoms with E-state index >= 15 is 0 Å². The van der Waals surface area contributed by atoms with Crippen LogP contribution >= 0.6 is 0 Å². The molecule has 0 unspecified atom stereocenters. The average molecular weight is 705 g/mol. The molecule has 2 aliphatic rings. The fourth-order valence-corrected chi connectivity index (χ4v) is 7.27. The summed E-state index contributed by atoms with van der Waals surface area (Å²) in [5, 5.41) is 7.75. The zero-order valence-electron chi connectivity index (χ0n) is 30.2. The van der Waals surface area contributed by atoms with Crippen LogP contribution in [0.3, 0.4) is 0 Å². The Bertz CT molecular complexity index is 1730. The van der Waals surface area contributed by atoms with E-state index in [1.807, 2.05) is 48.5 Å². The molecule has 2 N–H and O–H groups in total. The summed E-state index contributed by atoms with van der Waals surface area (Å²) >= 11 is 0. The summed E-state index contributed by atoms with van der Waals surface area (Å²) in [5.74, 6) is 0.240. The highest BCUT2D eigenvalue weighted by Gasteiger charge is 2.39. The molecule has 0 saturated heterocycles. The van der Waals surface area contributed by atoms with E-state index in [-0.39, 0.29) is 23.6 Å². The van der Waals surface area contributed by atoms with Crippen molar-refractivity contribution in [1.29, 1.82) is 0 Å². The van der Waals surface area contributed by atoms with Crippen molar-refractivity contribution in [3.05, 3.63) is 106 Å². The van der Waals surface area contributed by atoms with Crippen LogP contribution in [0.4, 0.5) is 0 Å². The Kier molecular flexibility index (Phi) is 12.3. The van der Waals surface area contributed by atoms with Crippen molar-refractivity contribution < 1.29 is 28.7 Å². The number of carbonyl (C=O) groups excluding carboxylic acids is 4. The number of unbranched alkanes of at least 4 members (excludes halogenated alkanes) is 6. The predicted molar refractivity (Wildman–Crippen MR) is 201 cm³/mol. The Labute approximate surface area is 305 Å². The van der Waals surface area contributed by atoms with Crippen molar-refractivity contribution in [2.75, 3.05) is 40.4 Å². The van der Waals surface area contributed by atoms with Gasteiger partial charge >= 0.3 is 0 Å². The first-order valence-electron chi connectivity index (χ1n) is 18.4. The largest absolute Gasteiger partial charge is 0.496 e. The quantitative estimate of drug-likeness (QED) is 0.0767. The van der Waals surface area contributed by atoms with Crippen LogP contribution in [-0.2, 0) is 13.1 Å². The highest BCUT2D eigenvalue weighted by molar-refractivity contribution is 6.33. The lowest BCUT2D eigenvalue weighted by atomic mass is 9.86. The lowest BCUT2D eigenvalue weighted by molar-refractivity contribution is 0.0586. The van der Waals surface area contributed by atoms with Gasteiger partial charge in [0.1, 0.15) is 11.5 Å².